The summed E-state index contributed by atoms with van der Waals surface area (Å²) in [5, 5.41) is 12.2. The first-order valence-electron chi connectivity index (χ1n) is 18.5. The molecule has 4 aromatic heterocycles. The van der Waals surface area contributed by atoms with Crippen LogP contribution in [0.2, 0.25) is 0 Å². The molecule has 0 unspecified atom stereocenters. The second kappa shape index (κ2) is 19.0. The molecule has 0 saturated heterocycles. The van der Waals surface area contributed by atoms with Crippen molar-refractivity contribution >= 4 is 46.6 Å². The monoisotopic (exact) mass is 778 g/mol. The van der Waals surface area contributed by atoms with Gasteiger partial charge in [0.25, 0.3) is 23.8 Å². The van der Waals surface area contributed by atoms with Gasteiger partial charge in [0.05, 0.1) is 12.4 Å². The molecule has 0 saturated carbocycles. The predicted molar refractivity (Wildman–Crippen MR) is 228 cm³/mol. The summed E-state index contributed by atoms with van der Waals surface area (Å²) < 4.78 is 11.6. The Kier molecular flexibility index (Phi) is 13.2. The summed E-state index contributed by atoms with van der Waals surface area (Å²) in [6.45, 7) is 5.30. The van der Waals surface area contributed by atoms with Crippen LogP contribution in [0.1, 0.15) is 31.8 Å². The number of rotatable bonds is 13. The van der Waals surface area contributed by atoms with Crippen molar-refractivity contribution in [3.05, 3.63) is 144 Å². The number of carbonyl (C=O) groups excluding carboxylic acids is 2. The van der Waals surface area contributed by atoms with Crippen molar-refractivity contribution in [1.82, 2.24) is 30.2 Å². The maximum absolute atomic E-state index is 12.8. The number of aromatic nitrogens is 4. The minimum Gasteiger partial charge on any atom is -0.423 e. The zero-order chi connectivity index (χ0) is 41.0. The number of oxazole rings is 2. The van der Waals surface area contributed by atoms with Gasteiger partial charge < -0.3 is 39.9 Å². The molecular formula is C44H46N10O4. The van der Waals surface area contributed by atoms with Crippen LogP contribution in [-0.2, 0) is 0 Å². The van der Waals surface area contributed by atoms with Crippen LogP contribution in [0.3, 0.4) is 0 Å². The fourth-order valence-corrected chi connectivity index (χ4v) is 5.54. The molecule has 0 atom stereocenters. The molecule has 14 nitrogen and oxygen atoms in total. The van der Waals surface area contributed by atoms with Crippen molar-refractivity contribution in [2.75, 3.05) is 62.1 Å². The fraction of sp³-hybridized carbons (Fsp3) is 0.182. The van der Waals surface area contributed by atoms with Crippen molar-refractivity contribution in [3.63, 3.8) is 0 Å². The van der Waals surface area contributed by atoms with Gasteiger partial charge in [0, 0.05) is 97.0 Å². The second-order valence-electron chi connectivity index (χ2n) is 13.8. The molecule has 0 aliphatic rings. The number of aryl methyl sites for hydroxylation is 2. The Morgan fingerprint density at radius 1 is 0.638 bits per heavy atom. The van der Waals surface area contributed by atoms with Gasteiger partial charge in [0.1, 0.15) is 0 Å². The van der Waals surface area contributed by atoms with Crippen LogP contribution in [0.15, 0.2) is 131 Å². The highest BCUT2D eigenvalue weighted by molar-refractivity contribution is 6.05. The van der Waals surface area contributed by atoms with Gasteiger partial charge in [0.15, 0.2) is 11.5 Å². The number of hydrogen-bond donors (Lipinski definition) is 4. The van der Waals surface area contributed by atoms with E-state index in [1.54, 1.807) is 55.4 Å². The van der Waals surface area contributed by atoms with Gasteiger partial charge in [-0.2, -0.15) is 0 Å². The van der Waals surface area contributed by atoms with Gasteiger partial charge in [0.2, 0.25) is 0 Å². The van der Waals surface area contributed by atoms with E-state index in [1.807, 2.05) is 119 Å². The Morgan fingerprint density at radius 3 is 1.84 bits per heavy atom. The summed E-state index contributed by atoms with van der Waals surface area (Å²) in [5.74, 6) is 0.963. The van der Waals surface area contributed by atoms with Crippen molar-refractivity contribution in [2.24, 2.45) is 0 Å². The predicted octanol–water partition coefficient (Wildman–Crippen LogP) is 8.19. The number of benzene rings is 3. The summed E-state index contributed by atoms with van der Waals surface area (Å²) in [7, 11) is 7.86. The van der Waals surface area contributed by atoms with E-state index < -0.39 is 0 Å². The molecule has 296 valence electrons. The van der Waals surface area contributed by atoms with Crippen LogP contribution in [0.25, 0.3) is 22.6 Å². The highest BCUT2D eigenvalue weighted by Gasteiger charge is 2.14. The zero-order valence-electron chi connectivity index (χ0n) is 33.3. The molecule has 58 heavy (non-hydrogen) atoms. The molecule has 14 heteroatoms. The third-order valence-electron chi connectivity index (χ3n) is 8.87. The molecule has 3 aromatic carbocycles. The first kappa shape index (κ1) is 40.3. The van der Waals surface area contributed by atoms with E-state index in [4.69, 9.17) is 8.83 Å². The van der Waals surface area contributed by atoms with E-state index in [9.17, 15) is 9.59 Å². The molecule has 4 heterocycles. The molecular weight excluding hydrogens is 733 g/mol. The number of nitrogens with zero attached hydrogens (tertiary/aromatic N) is 6. The second-order valence-corrected chi connectivity index (χ2v) is 13.8. The maximum atomic E-state index is 12.8. The summed E-state index contributed by atoms with van der Waals surface area (Å²) in [6.07, 6.45) is 10.1. The van der Waals surface area contributed by atoms with Crippen molar-refractivity contribution in [1.29, 1.82) is 0 Å². The topological polar surface area (TPSA) is 167 Å². The van der Waals surface area contributed by atoms with E-state index >= 15 is 0 Å². The molecule has 0 aliphatic heterocycles. The standard InChI is InChI=1S/C24H23N5O2.C20H23N5O2/c1-16-7-8-18(23(30)27-19-5-4-6-20(14-19)29(2)3)13-21(16)28-24-26-15-22(31-24)17-9-11-25-12-10-17;1-14-6-7-15(19(26)22-9-10-25(2)3)11-17(14)24-20-23-13-18(27-20)16-5-4-8-21-12-16/h4-15H,1-3H3,(H,26,28)(H,27,30);4-8,11-13H,9-10H2,1-3H3,(H,22,26)(H,23,24). The molecule has 0 bridgehead atoms. The number of nitrogens with one attached hydrogen (secondary N) is 4. The molecule has 4 N–H and O–H groups in total. The van der Waals surface area contributed by atoms with E-state index in [1.165, 1.54) is 0 Å². The van der Waals surface area contributed by atoms with Crippen molar-refractivity contribution in [2.45, 2.75) is 13.8 Å². The van der Waals surface area contributed by atoms with Gasteiger partial charge in [-0.25, -0.2) is 9.97 Å². The highest BCUT2D eigenvalue weighted by Crippen LogP contribution is 2.28. The average Bonchev–Trinajstić information content (AvgIpc) is 3.90. The van der Waals surface area contributed by atoms with Crippen LogP contribution in [0, 0.1) is 13.8 Å². The van der Waals surface area contributed by atoms with Gasteiger partial charge in [-0.1, -0.05) is 18.2 Å². The van der Waals surface area contributed by atoms with Crippen LogP contribution >= 0.6 is 0 Å². The molecule has 2 amide bonds. The minimum absolute atomic E-state index is 0.108. The fourth-order valence-electron chi connectivity index (χ4n) is 5.54. The third kappa shape index (κ3) is 10.9. The first-order chi connectivity index (χ1) is 28.0. The van der Waals surface area contributed by atoms with Crippen LogP contribution in [-0.4, -0.2) is 77.9 Å². The number of hydrogen-bond acceptors (Lipinski definition) is 12. The molecule has 0 spiro atoms. The Labute approximate surface area is 337 Å². The van der Waals surface area contributed by atoms with E-state index in [0.717, 1.165) is 51.5 Å². The molecule has 7 aromatic rings. The van der Waals surface area contributed by atoms with Crippen LogP contribution in [0.4, 0.5) is 34.8 Å². The van der Waals surface area contributed by atoms with E-state index in [2.05, 4.69) is 41.2 Å². The third-order valence-corrected chi connectivity index (χ3v) is 8.87. The van der Waals surface area contributed by atoms with Crippen molar-refractivity contribution in [3.8, 4) is 22.6 Å². The van der Waals surface area contributed by atoms with E-state index in [0.29, 0.717) is 41.2 Å². The Bertz CT molecular complexity index is 2450. The SMILES string of the molecule is Cc1ccc(C(=O)NCCN(C)C)cc1Nc1ncc(-c2cccnc2)o1.Cc1ccc(C(=O)Nc2cccc(N(C)C)c2)cc1Nc1ncc(-c2ccncc2)o1. The highest BCUT2D eigenvalue weighted by atomic mass is 16.4. The maximum Gasteiger partial charge on any atom is 0.299 e. The summed E-state index contributed by atoms with van der Waals surface area (Å²) >= 11 is 0. The summed E-state index contributed by atoms with van der Waals surface area (Å²) in [6, 6.07) is 26.8. The molecule has 0 fully saturated rings. The minimum atomic E-state index is -0.191. The Hall–Kier alpha value is -7.32. The van der Waals surface area contributed by atoms with E-state index in [-0.39, 0.29) is 11.8 Å². The first-order valence-corrected chi connectivity index (χ1v) is 18.5. The van der Waals surface area contributed by atoms with Gasteiger partial charge in [-0.15, -0.1) is 0 Å². The number of pyridine rings is 2. The van der Waals surface area contributed by atoms with Crippen LogP contribution in [0.5, 0.6) is 0 Å². The van der Waals surface area contributed by atoms with Crippen LogP contribution < -0.4 is 26.2 Å². The van der Waals surface area contributed by atoms with Gasteiger partial charge >= 0.3 is 0 Å². The molecule has 7 rings (SSSR count). The number of carbonyl (C=O) groups is 2. The normalized spacial score (nSPS) is 10.7. The quantitative estimate of drug-likeness (QED) is 0.0888. The lowest BCUT2D eigenvalue weighted by Crippen LogP contribution is -2.31. The van der Waals surface area contributed by atoms with Gasteiger partial charge in [-0.3, -0.25) is 19.6 Å². The Morgan fingerprint density at radius 2 is 1.26 bits per heavy atom. The molecule has 0 aliphatic carbocycles. The largest absolute Gasteiger partial charge is 0.423 e. The summed E-state index contributed by atoms with van der Waals surface area (Å²) in [4.78, 5) is 45.8. The molecule has 0 radical (unpaired) electrons. The number of likely N-dealkylation sites (N-methyl/N-ethyl adjacent to an activating group) is 1. The Balaban J connectivity index is 0.000000198. The lowest BCUT2D eigenvalue weighted by atomic mass is 10.1. The average molecular weight is 779 g/mol. The number of anilines is 6. The smallest absolute Gasteiger partial charge is 0.299 e. The number of amides is 2. The lowest BCUT2D eigenvalue weighted by molar-refractivity contribution is 0.0950. The van der Waals surface area contributed by atoms with Crippen molar-refractivity contribution < 1.29 is 18.4 Å². The lowest BCUT2D eigenvalue weighted by Gasteiger charge is -2.14. The summed E-state index contributed by atoms with van der Waals surface area (Å²) in [5.41, 5.74) is 8.08. The zero-order valence-corrected chi connectivity index (χ0v) is 33.3. The van der Waals surface area contributed by atoms with Gasteiger partial charge in [-0.05, 0) is 106 Å².